The van der Waals surface area contributed by atoms with E-state index in [2.05, 4.69) is 23.2 Å². The molecule has 21 heavy (non-hydrogen) atoms. The Kier molecular flexibility index (Phi) is 6.58. The van der Waals surface area contributed by atoms with Gasteiger partial charge < -0.3 is 20.5 Å². The van der Waals surface area contributed by atoms with Crippen molar-refractivity contribution in [3.05, 3.63) is 60.2 Å². The molecule has 0 atom stereocenters. The van der Waals surface area contributed by atoms with E-state index in [0.717, 1.165) is 31.1 Å². The third-order valence-corrected chi connectivity index (χ3v) is 3.07. The fourth-order valence-electron chi connectivity index (χ4n) is 1.92. The van der Waals surface area contributed by atoms with Crippen LogP contribution in [0.4, 0.5) is 0 Å². The van der Waals surface area contributed by atoms with Crippen molar-refractivity contribution in [1.82, 2.24) is 0 Å². The molecule has 0 heterocycles. The highest BCUT2D eigenvalue weighted by atomic mass is 16.5. The average Bonchev–Trinajstić information content (AvgIpc) is 2.55. The number of hydrogen-bond acceptors (Lipinski definition) is 2. The SMILES string of the molecule is [NH3+]CC[NH2+]CCOc1ccc(OCc2ccccc2)cc1. The summed E-state index contributed by atoms with van der Waals surface area (Å²) in [6.45, 7) is 4.26. The van der Waals surface area contributed by atoms with Crippen LogP contribution in [0.1, 0.15) is 5.56 Å². The number of ether oxygens (including phenoxy) is 2. The molecule has 0 saturated heterocycles. The van der Waals surface area contributed by atoms with Gasteiger partial charge in [0.2, 0.25) is 0 Å². The van der Waals surface area contributed by atoms with Crippen LogP contribution in [-0.4, -0.2) is 26.2 Å². The molecule has 4 heteroatoms. The van der Waals surface area contributed by atoms with Crippen molar-refractivity contribution >= 4 is 0 Å². The van der Waals surface area contributed by atoms with Gasteiger partial charge in [-0.25, -0.2) is 0 Å². The average molecular weight is 288 g/mol. The van der Waals surface area contributed by atoms with Gasteiger partial charge in [0.05, 0.1) is 0 Å². The molecule has 0 bridgehead atoms. The lowest BCUT2D eigenvalue weighted by atomic mass is 10.2. The number of rotatable bonds is 9. The zero-order valence-electron chi connectivity index (χ0n) is 12.3. The van der Waals surface area contributed by atoms with E-state index in [1.807, 2.05) is 42.5 Å². The van der Waals surface area contributed by atoms with Crippen molar-refractivity contribution in [2.24, 2.45) is 0 Å². The summed E-state index contributed by atoms with van der Waals surface area (Å²) in [6.07, 6.45) is 0. The number of benzene rings is 2. The molecule has 0 spiro atoms. The van der Waals surface area contributed by atoms with Gasteiger partial charge in [-0.15, -0.1) is 0 Å². The Morgan fingerprint density at radius 1 is 0.810 bits per heavy atom. The van der Waals surface area contributed by atoms with Crippen LogP contribution in [0.5, 0.6) is 11.5 Å². The molecule has 2 aromatic rings. The number of nitrogens with two attached hydrogens (primary N) is 1. The zero-order valence-corrected chi connectivity index (χ0v) is 12.3. The summed E-state index contributed by atoms with van der Waals surface area (Å²) in [5.41, 5.74) is 4.97. The minimum absolute atomic E-state index is 0.584. The van der Waals surface area contributed by atoms with E-state index in [1.54, 1.807) is 0 Å². The quantitative estimate of drug-likeness (QED) is 0.658. The summed E-state index contributed by atoms with van der Waals surface area (Å²) in [6, 6.07) is 17.9. The van der Waals surface area contributed by atoms with E-state index in [9.17, 15) is 0 Å². The lowest BCUT2D eigenvalue weighted by Crippen LogP contribution is -2.88. The predicted molar refractivity (Wildman–Crippen MR) is 82.1 cm³/mol. The molecule has 0 unspecified atom stereocenters. The highest BCUT2D eigenvalue weighted by molar-refractivity contribution is 5.31. The van der Waals surface area contributed by atoms with E-state index in [1.165, 1.54) is 5.56 Å². The van der Waals surface area contributed by atoms with Gasteiger partial charge in [0.1, 0.15) is 44.3 Å². The Hall–Kier alpha value is -2.04. The second-order valence-corrected chi connectivity index (χ2v) is 4.81. The highest BCUT2D eigenvalue weighted by Gasteiger charge is 1.98. The summed E-state index contributed by atoms with van der Waals surface area (Å²) < 4.78 is 11.4. The van der Waals surface area contributed by atoms with Gasteiger partial charge in [0.25, 0.3) is 0 Å². The standard InChI is InChI=1S/C17H22N2O2/c18-10-11-19-12-13-20-16-6-8-17(9-7-16)21-14-15-4-2-1-3-5-15/h1-9,19H,10-14,18H2/p+2. The third kappa shape index (κ3) is 5.85. The van der Waals surface area contributed by atoms with Crippen LogP contribution in [0.15, 0.2) is 54.6 Å². The summed E-state index contributed by atoms with van der Waals surface area (Å²) in [4.78, 5) is 0. The van der Waals surface area contributed by atoms with Crippen LogP contribution in [0.3, 0.4) is 0 Å². The third-order valence-electron chi connectivity index (χ3n) is 3.07. The summed E-state index contributed by atoms with van der Waals surface area (Å²) in [5, 5.41) is 2.21. The van der Waals surface area contributed by atoms with Crippen molar-refractivity contribution in [1.29, 1.82) is 0 Å². The largest absolute Gasteiger partial charge is 0.489 e. The van der Waals surface area contributed by atoms with E-state index in [0.29, 0.717) is 13.2 Å². The van der Waals surface area contributed by atoms with Crippen molar-refractivity contribution in [3.63, 3.8) is 0 Å². The van der Waals surface area contributed by atoms with Gasteiger partial charge in [0.15, 0.2) is 0 Å². The van der Waals surface area contributed by atoms with Gasteiger partial charge in [-0.05, 0) is 29.8 Å². The Bertz CT molecular complexity index is 500. The molecule has 0 fully saturated rings. The second kappa shape index (κ2) is 9.00. The fraction of sp³-hybridized carbons (Fsp3) is 0.294. The van der Waals surface area contributed by atoms with Crippen LogP contribution >= 0.6 is 0 Å². The molecule has 2 aromatic carbocycles. The van der Waals surface area contributed by atoms with E-state index < -0.39 is 0 Å². The molecule has 0 aromatic heterocycles. The highest BCUT2D eigenvalue weighted by Crippen LogP contribution is 2.18. The first-order valence-corrected chi connectivity index (χ1v) is 7.39. The Morgan fingerprint density at radius 2 is 1.48 bits per heavy atom. The maximum absolute atomic E-state index is 5.74. The van der Waals surface area contributed by atoms with Crippen LogP contribution < -0.4 is 20.5 Å². The summed E-state index contributed by atoms with van der Waals surface area (Å²) in [5.74, 6) is 1.74. The molecule has 2 rings (SSSR count). The van der Waals surface area contributed by atoms with Crippen LogP contribution in [0, 0.1) is 0 Å². The Labute approximate surface area is 125 Å². The minimum atomic E-state index is 0.584. The zero-order chi connectivity index (χ0) is 14.8. The molecule has 0 aliphatic rings. The topological polar surface area (TPSA) is 62.7 Å². The lowest BCUT2D eigenvalue weighted by molar-refractivity contribution is -0.670. The first kappa shape index (κ1) is 15.4. The van der Waals surface area contributed by atoms with E-state index in [-0.39, 0.29) is 0 Å². The van der Waals surface area contributed by atoms with Crippen molar-refractivity contribution in [3.8, 4) is 11.5 Å². The van der Waals surface area contributed by atoms with E-state index >= 15 is 0 Å². The predicted octanol–water partition coefficient (Wildman–Crippen LogP) is 0.450. The van der Waals surface area contributed by atoms with Crippen molar-refractivity contribution < 1.29 is 20.5 Å². The van der Waals surface area contributed by atoms with Crippen LogP contribution in [0.2, 0.25) is 0 Å². The molecule has 0 aliphatic heterocycles. The summed E-state index contributed by atoms with van der Waals surface area (Å²) in [7, 11) is 0. The summed E-state index contributed by atoms with van der Waals surface area (Å²) >= 11 is 0. The normalized spacial score (nSPS) is 10.3. The van der Waals surface area contributed by atoms with E-state index in [4.69, 9.17) is 9.47 Å². The molecule has 0 radical (unpaired) electrons. The Morgan fingerprint density at radius 3 is 2.14 bits per heavy atom. The van der Waals surface area contributed by atoms with Gasteiger partial charge in [-0.1, -0.05) is 30.3 Å². The maximum Gasteiger partial charge on any atom is 0.137 e. The smallest absolute Gasteiger partial charge is 0.137 e. The van der Waals surface area contributed by atoms with Crippen molar-refractivity contribution in [2.75, 3.05) is 26.2 Å². The van der Waals surface area contributed by atoms with Gasteiger partial charge in [0, 0.05) is 0 Å². The number of hydrogen-bond donors (Lipinski definition) is 2. The Balaban J connectivity index is 1.71. The van der Waals surface area contributed by atoms with Crippen molar-refractivity contribution in [2.45, 2.75) is 6.61 Å². The fourth-order valence-corrected chi connectivity index (χ4v) is 1.92. The molecular weight excluding hydrogens is 264 g/mol. The second-order valence-electron chi connectivity index (χ2n) is 4.81. The first-order chi connectivity index (χ1) is 10.4. The lowest BCUT2D eigenvalue weighted by Gasteiger charge is -2.08. The molecule has 5 N–H and O–H groups in total. The monoisotopic (exact) mass is 288 g/mol. The van der Waals surface area contributed by atoms with Gasteiger partial charge >= 0.3 is 0 Å². The first-order valence-electron chi connectivity index (χ1n) is 7.39. The molecular formula is C17H24N2O2+2. The van der Waals surface area contributed by atoms with Crippen LogP contribution in [-0.2, 0) is 6.61 Å². The molecule has 112 valence electrons. The minimum Gasteiger partial charge on any atom is -0.489 e. The van der Waals surface area contributed by atoms with Crippen LogP contribution in [0.25, 0.3) is 0 Å². The molecule has 4 nitrogen and oxygen atoms in total. The number of quaternary nitrogens is 2. The molecule has 0 amide bonds. The maximum atomic E-state index is 5.74. The van der Waals surface area contributed by atoms with Gasteiger partial charge in [-0.2, -0.15) is 0 Å². The van der Waals surface area contributed by atoms with Gasteiger partial charge in [-0.3, -0.25) is 0 Å². The molecule has 0 aliphatic carbocycles. The molecule has 0 saturated carbocycles.